The van der Waals surface area contributed by atoms with E-state index >= 15 is 0 Å². The summed E-state index contributed by atoms with van der Waals surface area (Å²) < 4.78 is 97.5. The van der Waals surface area contributed by atoms with Gasteiger partial charge in [-0.25, -0.2) is 30.4 Å². The molecule has 0 bridgehead atoms. The largest absolute Gasteiger partial charge is 0.276 e. The number of anilines is 1. The quantitative estimate of drug-likeness (QED) is 0.270. The van der Waals surface area contributed by atoms with Gasteiger partial charge in [0.15, 0.2) is 23.3 Å². The minimum absolute atomic E-state index is 0.000804. The zero-order valence-corrected chi connectivity index (χ0v) is 19.1. The summed E-state index contributed by atoms with van der Waals surface area (Å²) in [6.07, 6.45) is 0.894. The van der Waals surface area contributed by atoms with Gasteiger partial charge in [-0.3, -0.25) is 9.40 Å². The van der Waals surface area contributed by atoms with Gasteiger partial charge in [0.1, 0.15) is 0 Å². The molecule has 178 valence electrons. The molecule has 5 nitrogen and oxygen atoms in total. The van der Waals surface area contributed by atoms with E-state index in [9.17, 15) is 30.4 Å². The van der Waals surface area contributed by atoms with Crippen molar-refractivity contribution in [3.63, 3.8) is 0 Å². The highest BCUT2D eigenvalue weighted by atomic mass is 32.2. The maximum Gasteiger partial charge on any atom is 0.262 e. The van der Waals surface area contributed by atoms with Gasteiger partial charge < -0.3 is 0 Å². The molecule has 2 aromatic carbocycles. The number of rotatable bonds is 7. The number of aryl methyl sites for hydroxylation is 1. The van der Waals surface area contributed by atoms with Crippen molar-refractivity contribution in [3.05, 3.63) is 75.9 Å². The Morgan fingerprint density at radius 2 is 1.45 bits per heavy atom. The number of halogens is 5. The maximum atomic E-state index is 14.1. The lowest BCUT2D eigenvalue weighted by Gasteiger charge is -2.12. The fourth-order valence-corrected chi connectivity index (χ4v) is 4.52. The molecule has 1 aromatic heterocycles. The monoisotopic (exact) mass is 487 g/mol. The van der Waals surface area contributed by atoms with Crippen LogP contribution in [0, 0.1) is 42.9 Å². The summed E-state index contributed by atoms with van der Waals surface area (Å²) in [6.45, 7) is 6.12. The molecule has 0 aliphatic carbocycles. The molecule has 3 rings (SSSR count). The molecule has 0 saturated heterocycles. The molecule has 33 heavy (non-hydrogen) atoms. The van der Waals surface area contributed by atoms with E-state index in [1.807, 2.05) is 13.8 Å². The van der Waals surface area contributed by atoms with Crippen molar-refractivity contribution in [2.45, 2.75) is 51.5 Å². The van der Waals surface area contributed by atoms with Crippen LogP contribution in [0.25, 0.3) is 0 Å². The molecule has 3 aromatic rings. The fourth-order valence-electron chi connectivity index (χ4n) is 3.34. The SMILES string of the molecule is CCC(C)c1ccc(S(=O)(=O)Nc2c(C)nn(Cc3c(F)c(F)c(F)c(F)c3F)c2C)cc1. The van der Waals surface area contributed by atoms with E-state index in [2.05, 4.69) is 9.82 Å². The molecule has 0 amide bonds. The van der Waals surface area contributed by atoms with E-state index in [1.165, 1.54) is 26.0 Å². The van der Waals surface area contributed by atoms with E-state index in [0.717, 1.165) is 16.7 Å². The van der Waals surface area contributed by atoms with Crippen LogP contribution >= 0.6 is 0 Å². The molecule has 0 spiro atoms. The Balaban J connectivity index is 1.93. The molecule has 0 aliphatic heterocycles. The number of hydrogen-bond acceptors (Lipinski definition) is 3. The van der Waals surface area contributed by atoms with Crippen molar-refractivity contribution < 1.29 is 30.4 Å². The lowest BCUT2D eigenvalue weighted by Crippen LogP contribution is -2.15. The Morgan fingerprint density at radius 3 is 1.97 bits per heavy atom. The minimum Gasteiger partial charge on any atom is -0.276 e. The van der Waals surface area contributed by atoms with Crippen molar-refractivity contribution in [2.75, 3.05) is 4.72 Å². The Bertz CT molecular complexity index is 1280. The summed E-state index contributed by atoms with van der Waals surface area (Å²) in [4.78, 5) is 0.000804. The average Bonchev–Trinajstić information content (AvgIpc) is 3.05. The van der Waals surface area contributed by atoms with Gasteiger partial charge in [0.25, 0.3) is 10.0 Å². The van der Waals surface area contributed by atoms with E-state index in [4.69, 9.17) is 0 Å². The van der Waals surface area contributed by atoms with Crippen LogP contribution in [0.3, 0.4) is 0 Å². The van der Waals surface area contributed by atoms with Crippen molar-refractivity contribution in [1.29, 1.82) is 0 Å². The summed E-state index contributed by atoms with van der Waals surface area (Å²) in [5.74, 6) is -10.1. The molecule has 1 unspecified atom stereocenters. The number of hydrogen-bond donors (Lipinski definition) is 1. The molecule has 1 heterocycles. The van der Waals surface area contributed by atoms with Crippen LogP contribution in [0.5, 0.6) is 0 Å². The topological polar surface area (TPSA) is 64.0 Å². The van der Waals surface area contributed by atoms with Crippen LogP contribution in [0.15, 0.2) is 29.2 Å². The minimum atomic E-state index is -4.02. The van der Waals surface area contributed by atoms with Gasteiger partial charge in [-0.1, -0.05) is 26.0 Å². The summed E-state index contributed by atoms with van der Waals surface area (Å²) in [5.41, 5.74) is 0.253. The number of aromatic nitrogens is 2. The molecular formula is C22H22F5N3O2S. The van der Waals surface area contributed by atoms with E-state index in [-0.39, 0.29) is 27.9 Å². The average molecular weight is 487 g/mol. The zero-order chi connectivity index (χ0) is 24.7. The third-order valence-electron chi connectivity index (χ3n) is 5.60. The van der Waals surface area contributed by atoms with Gasteiger partial charge in [-0.2, -0.15) is 5.10 Å². The van der Waals surface area contributed by atoms with E-state index < -0.39 is 51.2 Å². The van der Waals surface area contributed by atoms with Crippen molar-refractivity contribution in [2.24, 2.45) is 0 Å². The number of nitrogens with zero attached hydrogens (tertiary/aromatic N) is 2. The Kier molecular flexibility index (Phi) is 6.83. The summed E-state index contributed by atoms with van der Waals surface area (Å²) in [5, 5.41) is 4.01. The molecule has 1 N–H and O–H groups in total. The predicted octanol–water partition coefficient (Wildman–Crippen LogP) is 5.56. The maximum absolute atomic E-state index is 14.1. The van der Waals surface area contributed by atoms with Gasteiger partial charge in [0.05, 0.1) is 34.1 Å². The lowest BCUT2D eigenvalue weighted by atomic mass is 9.99. The van der Waals surface area contributed by atoms with Crippen LogP contribution in [-0.2, 0) is 16.6 Å². The normalized spacial score (nSPS) is 12.8. The molecular weight excluding hydrogens is 465 g/mol. The molecule has 1 atom stereocenters. The number of benzene rings is 2. The van der Waals surface area contributed by atoms with Gasteiger partial charge in [0.2, 0.25) is 5.82 Å². The first-order valence-electron chi connectivity index (χ1n) is 10.1. The van der Waals surface area contributed by atoms with Gasteiger partial charge in [-0.05, 0) is 43.9 Å². The number of nitrogens with one attached hydrogen (secondary N) is 1. The third kappa shape index (κ3) is 4.59. The van der Waals surface area contributed by atoms with E-state index in [0.29, 0.717) is 0 Å². The first kappa shape index (κ1) is 24.7. The van der Waals surface area contributed by atoms with Crippen LogP contribution in [0.4, 0.5) is 27.6 Å². The second-order valence-electron chi connectivity index (χ2n) is 7.74. The van der Waals surface area contributed by atoms with Crippen molar-refractivity contribution in [1.82, 2.24) is 9.78 Å². The first-order valence-corrected chi connectivity index (χ1v) is 11.5. The molecule has 11 heteroatoms. The van der Waals surface area contributed by atoms with Crippen LogP contribution in [0.2, 0.25) is 0 Å². The molecule has 0 fully saturated rings. The zero-order valence-electron chi connectivity index (χ0n) is 18.3. The Morgan fingerprint density at radius 1 is 0.939 bits per heavy atom. The number of sulfonamides is 1. The Labute approximate surface area is 188 Å². The highest BCUT2D eigenvalue weighted by Crippen LogP contribution is 2.28. The summed E-state index contributed by atoms with van der Waals surface area (Å²) in [7, 11) is -4.02. The second-order valence-corrected chi connectivity index (χ2v) is 9.42. The van der Waals surface area contributed by atoms with Gasteiger partial charge in [-0.15, -0.1) is 0 Å². The molecule has 0 radical (unpaired) electrons. The molecule has 0 saturated carbocycles. The predicted molar refractivity (Wildman–Crippen MR) is 113 cm³/mol. The summed E-state index contributed by atoms with van der Waals surface area (Å²) in [6, 6.07) is 6.37. The smallest absolute Gasteiger partial charge is 0.262 e. The molecule has 0 aliphatic rings. The standard InChI is InChI=1S/C22H22F5N3O2S/c1-5-11(2)14-6-8-15(9-7-14)33(31,32)29-22-12(3)28-30(13(22)4)10-16-17(23)19(25)21(27)20(26)18(16)24/h6-9,11,29H,5,10H2,1-4H3. The van der Waals surface area contributed by atoms with Crippen LogP contribution in [-0.4, -0.2) is 18.2 Å². The van der Waals surface area contributed by atoms with Crippen molar-refractivity contribution >= 4 is 15.7 Å². The second kappa shape index (κ2) is 9.12. The van der Waals surface area contributed by atoms with E-state index in [1.54, 1.807) is 12.1 Å². The highest BCUT2D eigenvalue weighted by molar-refractivity contribution is 7.92. The fraction of sp³-hybridized carbons (Fsp3) is 0.318. The van der Waals surface area contributed by atoms with Gasteiger partial charge in [0, 0.05) is 0 Å². The van der Waals surface area contributed by atoms with Crippen molar-refractivity contribution in [3.8, 4) is 0 Å². The van der Waals surface area contributed by atoms with Crippen LogP contribution in [0.1, 0.15) is 48.7 Å². The lowest BCUT2D eigenvalue weighted by molar-refractivity contribution is 0.366. The first-order chi connectivity index (χ1) is 15.4. The van der Waals surface area contributed by atoms with Gasteiger partial charge >= 0.3 is 0 Å². The summed E-state index contributed by atoms with van der Waals surface area (Å²) >= 11 is 0. The highest BCUT2D eigenvalue weighted by Gasteiger charge is 2.27. The van der Waals surface area contributed by atoms with Crippen LogP contribution < -0.4 is 4.72 Å². The third-order valence-corrected chi connectivity index (χ3v) is 6.96. The Hall–Kier alpha value is -2.95.